The third-order valence-electron chi connectivity index (χ3n) is 2.30. The first kappa shape index (κ1) is 8.76. The molecule has 0 radical (unpaired) electrons. The van der Waals surface area contributed by atoms with Crippen molar-refractivity contribution in [2.45, 2.75) is 26.2 Å². The second-order valence-electron chi connectivity index (χ2n) is 4.43. The Kier molecular flexibility index (Phi) is 1.92. The number of rotatable bonds is 0. The van der Waals surface area contributed by atoms with Crippen LogP contribution in [0.4, 0.5) is 0 Å². The first-order valence-electron chi connectivity index (χ1n) is 4.55. The maximum atomic E-state index is 2.30. The van der Waals surface area contributed by atoms with E-state index in [2.05, 4.69) is 50.4 Å². The molecule has 0 saturated heterocycles. The lowest BCUT2D eigenvalue weighted by molar-refractivity contribution is 0.592. The molecule has 0 amide bonds. The molecule has 0 aromatic carbocycles. The fourth-order valence-corrected chi connectivity index (χ4v) is 2.46. The lowest BCUT2D eigenvalue weighted by Gasteiger charge is -2.19. The van der Waals surface area contributed by atoms with Crippen molar-refractivity contribution in [2.75, 3.05) is 0 Å². The summed E-state index contributed by atoms with van der Waals surface area (Å²) in [6.07, 6.45) is 0. The average molecular weight is 190 g/mol. The van der Waals surface area contributed by atoms with E-state index in [0.717, 1.165) is 0 Å². The molecular formula is C12H14S. The van der Waals surface area contributed by atoms with Gasteiger partial charge >= 0.3 is 0 Å². The second-order valence-corrected chi connectivity index (χ2v) is 5.34. The number of hydrogen-bond acceptors (Lipinski definition) is 1. The molecule has 68 valence electrons. The summed E-state index contributed by atoms with van der Waals surface area (Å²) in [5.74, 6) is 0. The Hall–Kier alpha value is -0.820. The molecule has 13 heavy (non-hydrogen) atoms. The van der Waals surface area contributed by atoms with Gasteiger partial charge < -0.3 is 0 Å². The highest BCUT2D eigenvalue weighted by molar-refractivity contribution is 7.13. The zero-order chi connectivity index (χ0) is 9.47. The molecule has 0 spiro atoms. The topological polar surface area (TPSA) is 0 Å². The molecule has 0 atom stereocenters. The van der Waals surface area contributed by atoms with Gasteiger partial charge in [-0.2, -0.15) is 0 Å². The molecule has 0 bridgehead atoms. The molecule has 0 N–H and O–H groups in total. The van der Waals surface area contributed by atoms with E-state index in [1.165, 1.54) is 16.0 Å². The SMILES string of the molecule is CC(C)(C)c1csc2cccc-2c1. The smallest absolute Gasteiger partial charge is 0.0342 e. The molecule has 1 heteroatoms. The van der Waals surface area contributed by atoms with Crippen LogP contribution in [0.25, 0.3) is 10.4 Å². The van der Waals surface area contributed by atoms with Crippen LogP contribution in [0.2, 0.25) is 0 Å². The van der Waals surface area contributed by atoms with Crippen LogP contribution in [0.15, 0.2) is 29.6 Å². The predicted octanol–water partition coefficient (Wildman–Crippen LogP) is 4.15. The van der Waals surface area contributed by atoms with E-state index in [-0.39, 0.29) is 5.41 Å². The minimum absolute atomic E-state index is 0.266. The largest absolute Gasteiger partial charge is 0.144 e. The summed E-state index contributed by atoms with van der Waals surface area (Å²) in [6, 6.07) is 8.77. The lowest BCUT2D eigenvalue weighted by atomic mass is 9.88. The Morgan fingerprint density at radius 1 is 1.15 bits per heavy atom. The van der Waals surface area contributed by atoms with Crippen LogP contribution in [-0.2, 0) is 5.41 Å². The molecule has 0 aromatic rings. The summed E-state index contributed by atoms with van der Waals surface area (Å²) in [5.41, 5.74) is 3.07. The standard InChI is InChI=1S/C12H14S/c1-12(2,3)10-7-9-5-4-6-11(9)13-8-10/h4-8H,1-3H3. The Bertz CT molecular complexity index is 379. The Labute approximate surface area is 83.6 Å². The van der Waals surface area contributed by atoms with Crippen LogP contribution in [-0.4, -0.2) is 0 Å². The quantitative estimate of drug-likeness (QED) is 0.585. The molecule has 0 unspecified atom stereocenters. The molecule has 0 saturated carbocycles. The zero-order valence-electron chi connectivity index (χ0n) is 8.29. The van der Waals surface area contributed by atoms with Gasteiger partial charge in [0, 0.05) is 4.88 Å². The predicted molar refractivity (Wildman–Crippen MR) is 59.6 cm³/mol. The molecule has 2 rings (SSSR count). The van der Waals surface area contributed by atoms with E-state index in [9.17, 15) is 0 Å². The van der Waals surface area contributed by atoms with Crippen LogP contribution in [0.3, 0.4) is 0 Å². The molecule has 0 aromatic heterocycles. The van der Waals surface area contributed by atoms with Crippen molar-refractivity contribution in [3.63, 3.8) is 0 Å². The van der Waals surface area contributed by atoms with Crippen molar-refractivity contribution in [3.05, 3.63) is 35.2 Å². The zero-order valence-corrected chi connectivity index (χ0v) is 9.11. The second kappa shape index (κ2) is 2.85. The van der Waals surface area contributed by atoms with Crippen LogP contribution >= 0.6 is 11.3 Å². The van der Waals surface area contributed by atoms with E-state index in [0.29, 0.717) is 0 Å². The number of fused-ring (bicyclic) bond motifs is 1. The van der Waals surface area contributed by atoms with Crippen molar-refractivity contribution in [2.24, 2.45) is 0 Å². The van der Waals surface area contributed by atoms with Crippen molar-refractivity contribution < 1.29 is 0 Å². The molecule has 0 nitrogen and oxygen atoms in total. The summed E-state index contributed by atoms with van der Waals surface area (Å²) in [6.45, 7) is 6.76. The van der Waals surface area contributed by atoms with Crippen molar-refractivity contribution in [3.8, 4) is 10.4 Å². The third-order valence-corrected chi connectivity index (χ3v) is 3.30. The maximum Gasteiger partial charge on any atom is 0.0342 e. The molecule has 1 aliphatic heterocycles. The summed E-state index contributed by atoms with van der Waals surface area (Å²) in [7, 11) is 0. The van der Waals surface area contributed by atoms with Gasteiger partial charge in [-0.1, -0.05) is 32.9 Å². The van der Waals surface area contributed by atoms with Gasteiger partial charge in [-0.15, -0.1) is 11.3 Å². The Morgan fingerprint density at radius 2 is 1.92 bits per heavy atom. The van der Waals surface area contributed by atoms with Gasteiger partial charge in [0.15, 0.2) is 0 Å². The van der Waals surface area contributed by atoms with Gasteiger partial charge in [-0.05, 0) is 34.1 Å². The van der Waals surface area contributed by atoms with E-state index < -0.39 is 0 Å². The normalized spacial score (nSPS) is 12.2. The first-order valence-corrected chi connectivity index (χ1v) is 5.43. The Morgan fingerprint density at radius 3 is 2.62 bits per heavy atom. The van der Waals surface area contributed by atoms with Crippen LogP contribution in [0.5, 0.6) is 0 Å². The van der Waals surface area contributed by atoms with Crippen molar-refractivity contribution in [1.29, 1.82) is 0 Å². The third kappa shape index (κ3) is 1.61. The first-order chi connectivity index (χ1) is 6.07. The number of hydrogen-bond donors (Lipinski definition) is 0. The van der Waals surface area contributed by atoms with Gasteiger partial charge in [0.1, 0.15) is 0 Å². The van der Waals surface area contributed by atoms with Gasteiger partial charge in [0.2, 0.25) is 0 Å². The van der Waals surface area contributed by atoms with Gasteiger partial charge in [-0.3, -0.25) is 0 Å². The van der Waals surface area contributed by atoms with Crippen molar-refractivity contribution in [1.82, 2.24) is 0 Å². The highest BCUT2D eigenvalue weighted by Gasteiger charge is 2.15. The average Bonchev–Trinajstić information content (AvgIpc) is 2.47. The lowest BCUT2D eigenvalue weighted by Crippen LogP contribution is -2.10. The molecule has 0 fully saturated rings. The minimum Gasteiger partial charge on any atom is -0.144 e. The van der Waals surface area contributed by atoms with Crippen LogP contribution in [0, 0.1) is 0 Å². The molecule has 1 aliphatic carbocycles. The molecule has 1 heterocycles. The summed E-state index contributed by atoms with van der Waals surface area (Å²) in [5, 5.41) is 2.27. The van der Waals surface area contributed by atoms with Gasteiger partial charge in [0.25, 0.3) is 0 Å². The van der Waals surface area contributed by atoms with E-state index in [1.807, 2.05) is 11.3 Å². The van der Waals surface area contributed by atoms with Gasteiger partial charge in [-0.25, -0.2) is 0 Å². The fourth-order valence-electron chi connectivity index (χ4n) is 1.37. The minimum atomic E-state index is 0.266. The maximum absolute atomic E-state index is 2.30. The highest BCUT2D eigenvalue weighted by Crippen LogP contribution is 2.33. The highest BCUT2D eigenvalue weighted by atomic mass is 32.1. The molecular weight excluding hydrogens is 176 g/mol. The monoisotopic (exact) mass is 190 g/mol. The van der Waals surface area contributed by atoms with E-state index in [4.69, 9.17) is 0 Å². The van der Waals surface area contributed by atoms with Crippen LogP contribution in [0.1, 0.15) is 26.3 Å². The van der Waals surface area contributed by atoms with E-state index >= 15 is 0 Å². The fraction of sp³-hybridized carbons (Fsp3) is 0.333. The summed E-state index contributed by atoms with van der Waals surface area (Å²) < 4.78 is 0. The Balaban J connectivity index is 2.56. The van der Waals surface area contributed by atoms with Crippen LogP contribution < -0.4 is 0 Å². The summed E-state index contributed by atoms with van der Waals surface area (Å²) >= 11 is 1.84. The molecule has 2 aliphatic rings. The van der Waals surface area contributed by atoms with E-state index in [1.54, 1.807) is 0 Å². The van der Waals surface area contributed by atoms with Gasteiger partial charge in [0.05, 0.1) is 0 Å². The summed E-state index contributed by atoms with van der Waals surface area (Å²) in [4.78, 5) is 1.38. The van der Waals surface area contributed by atoms with Crippen molar-refractivity contribution >= 4 is 11.3 Å².